The lowest BCUT2D eigenvalue weighted by molar-refractivity contribution is 0.308. The molecule has 4 nitrogen and oxygen atoms in total. The maximum Gasteiger partial charge on any atom is 0.146 e. The van der Waals surface area contributed by atoms with Gasteiger partial charge < -0.3 is 14.5 Å². The van der Waals surface area contributed by atoms with Crippen molar-refractivity contribution in [2.75, 3.05) is 36.0 Å². The molecule has 4 heteroatoms. The van der Waals surface area contributed by atoms with Gasteiger partial charge in [-0.2, -0.15) is 0 Å². The van der Waals surface area contributed by atoms with Crippen LogP contribution >= 0.6 is 0 Å². The summed E-state index contributed by atoms with van der Waals surface area (Å²) < 4.78 is 6.21. The van der Waals surface area contributed by atoms with Gasteiger partial charge in [-0.05, 0) is 48.4 Å². The SMILES string of the molecule is Cc1ccccc1COc1cccc2ccc(N3CCN(c4ccccc4)CC3)nc12. The van der Waals surface area contributed by atoms with Crippen LogP contribution in [0.4, 0.5) is 11.5 Å². The number of ether oxygens (including phenoxy) is 1. The predicted octanol–water partition coefficient (Wildman–Crippen LogP) is 5.45. The standard InChI is InChI=1S/C27H27N3O/c1-21-8-5-6-9-23(21)20-31-25-13-7-10-22-14-15-26(28-27(22)25)30-18-16-29(17-19-30)24-11-3-2-4-12-24/h2-15H,16-20H2,1H3. The van der Waals surface area contributed by atoms with Crippen LogP contribution in [0.15, 0.2) is 84.9 Å². The fourth-order valence-electron chi connectivity index (χ4n) is 4.16. The summed E-state index contributed by atoms with van der Waals surface area (Å²) in [6.45, 7) is 6.57. The molecule has 0 bridgehead atoms. The highest BCUT2D eigenvalue weighted by atomic mass is 16.5. The second kappa shape index (κ2) is 8.68. The highest BCUT2D eigenvalue weighted by Gasteiger charge is 2.19. The number of aryl methyl sites for hydroxylation is 1. The number of benzene rings is 3. The predicted molar refractivity (Wildman–Crippen MR) is 128 cm³/mol. The first-order valence-corrected chi connectivity index (χ1v) is 10.9. The summed E-state index contributed by atoms with van der Waals surface area (Å²) >= 11 is 0. The fraction of sp³-hybridized carbons (Fsp3) is 0.222. The molecule has 1 aliphatic heterocycles. The number of aromatic nitrogens is 1. The maximum absolute atomic E-state index is 6.21. The summed E-state index contributed by atoms with van der Waals surface area (Å²) in [7, 11) is 0. The number of anilines is 2. The molecule has 4 aromatic rings. The number of hydrogen-bond donors (Lipinski definition) is 0. The minimum absolute atomic E-state index is 0.549. The molecule has 0 saturated carbocycles. The van der Waals surface area contributed by atoms with Crippen molar-refractivity contribution in [1.82, 2.24) is 4.98 Å². The molecule has 0 radical (unpaired) electrons. The van der Waals surface area contributed by atoms with Crippen LogP contribution in [-0.2, 0) is 6.61 Å². The first-order valence-electron chi connectivity index (χ1n) is 10.9. The normalized spacial score (nSPS) is 14.1. The molecular weight excluding hydrogens is 382 g/mol. The van der Waals surface area contributed by atoms with Crippen molar-refractivity contribution < 1.29 is 4.74 Å². The monoisotopic (exact) mass is 409 g/mol. The highest BCUT2D eigenvalue weighted by molar-refractivity contribution is 5.86. The Morgan fingerprint density at radius 2 is 1.48 bits per heavy atom. The summed E-state index contributed by atoms with van der Waals surface area (Å²) in [6, 6.07) is 29.4. The molecular formula is C27H27N3O. The van der Waals surface area contributed by atoms with Crippen LogP contribution in [0.5, 0.6) is 5.75 Å². The molecule has 0 spiro atoms. The number of fused-ring (bicyclic) bond motifs is 1. The summed E-state index contributed by atoms with van der Waals surface area (Å²) in [5.74, 6) is 1.86. The first kappa shape index (κ1) is 19.4. The lowest BCUT2D eigenvalue weighted by Crippen LogP contribution is -2.46. The fourth-order valence-corrected chi connectivity index (χ4v) is 4.16. The van der Waals surface area contributed by atoms with Gasteiger partial charge in [-0.3, -0.25) is 0 Å². The molecule has 5 rings (SSSR count). The van der Waals surface area contributed by atoms with Gasteiger partial charge in [0, 0.05) is 37.3 Å². The van der Waals surface area contributed by atoms with E-state index in [1.54, 1.807) is 0 Å². The van der Waals surface area contributed by atoms with E-state index in [9.17, 15) is 0 Å². The Kier molecular flexibility index (Phi) is 5.44. The van der Waals surface area contributed by atoms with E-state index < -0.39 is 0 Å². The van der Waals surface area contributed by atoms with Crippen LogP contribution in [0, 0.1) is 6.92 Å². The molecule has 1 aromatic heterocycles. The van der Waals surface area contributed by atoms with Gasteiger partial charge in [0.1, 0.15) is 23.7 Å². The molecule has 2 heterocycles. The van der Waals surface area contributed by atoms with Crippen LogP contribution in [0.2, 0.25) is 0 Å². The summed E-state index contributed by atoms with van der Waals surface area (Å²) in [5, 5.41) is 1.11. The Labute approximate surface area is 183 Å². The van der Waals surface area contributed by atoms with Gasteiger partial charge >= 0.3 is 0 Å². The van der Waals surface area contributed by atoms with Gasteiger partial charge in [0.25, 0.3) is 0 Å². The van der Waals surface area contributed by atoms with Crippen LogP contribution in [-0.4, -0.2) is 31.2 Å². The lowest BCUT2D eigenvalue weighted by atomic mass is 10.1. The Morgan fingerprint density at radius 3 is 2.29 bits per heavy atom. The average molecular weight is 410 g/mol. The molecule has 0 N–H and O–H groups in total. The number of piperazine rings is 1. The van der Waals surface area contributed by atoms with E-state index in [1.807, 2.05) is 12.1 Å². The van der Waals surface area contributed by atoms with E-state index in [0.717, 1.165) is 48.6 Å². The summed E-state index contributed by atoms with van der Waals surface area (Å²) in [4.78, 5) is 9.82. The Balaban J connectivity index is 1.34. The van der Waals surface area contributed by atoms with Gasteiger partial charge in [-0.1, -0.05) is 54.6 Å². The molecule has 0 aliphatic carbocycles. The zero-order valence-corrected chi connectivity index (χ0v) is 17.9. The third-order valence-electron chi connectivity index (χ3n) is 6.04. The van der Waals surface area contributed by atoms with Crippen molar-refractivity contribution in [3.8, 4) is 5.75 Å². The number of nitrogens with zero attached hydrogens (tertiary/aromatic N) is 3. The molecule has 0 unspecified atom stereocenters. The van der Waals surface area contributed by atoms with Gasteiger partial charge in [0.2, 0.25) is 0 Å². The first-order chi connectivity index (χ1) is 15.3. The largest absolute Gasteiger partial charge is 0.487 e. The molecule has 0 atom stereocenters. The topological polar surface area (TPSA) is 28.6 Å². The van der Waals surface area contributed by atoms with E-state index in [4.69, 9.17) is 9.72 Å². The van der Waals surface area contributed by atoms with E-state index in [1.165, 1.54) is 16.8 Å². The summed E-state index contributed by atoms with van der Waals surface area (Å²) in [6.07, 6.45) is 0. The van der Waals surface area contributed by atoms with E-state index in [2.05, 4.69) is 89.5 Å². The quantitative estimate of drug-likeness (QED) is 0.438. The van der Waals surface area contributed by atoms with Gasteiger partial charge in [0.05, 0.1) is 0 Å². The number of hydrogen-bond acceptors (Lipinski definition) is 4. The number of pyridine rings is 1. The third-order valence-corrected chi connectivity index (χ3v) is 6.04. The van der Waals surface area contributed by atoms with E-state index in [0.29, 0.717) is 6.61 Å². The van der Waals surface area contributed by atoms with Crippen molar-refractivity contribution in [2.45, 2.75) is 13.5 Å². The highest BCUT2D eigenvalue weighted by Crippen LogP contribution is 2.28. The van der Waals surface area contributed by atoms with Gasteiger partial charge in [-0.25, -0.2) is 4.98 Å². The van der Waals surface area contributed by atoms with Crippen molar-refractivity contribution >= 4 is 22.4 Å². The van der Waals surface area contributed by atoms with Crippen molar-refractivity contribution in [3.63, 3.8) is 0 Å². The zero-order valence-electron chi connectivity index (χ0n) is 17.9. The second-order valence-electron chi connectivity index (χ2n) is 8.02. The van der Waals surface area contributed by atoms with Crippen molar-refractivity contribution in [3.05, 3.63) is 96.1 Å². The number of rotatable bonds is 5. The van der Waals surface area contributed by atoms with E-state index in [-0.39, 0.29) is 0 Å². The van der Waals surface area contributed by atoms with E-state index >= 15 is 0 Å². The van der Waals surface area contributed by atoms with Gasteiger partial charge in [0.15, 0.2) is 0 Å². The minimum atomic E-state index is 0.549. The molecule has 0 amide bonds. The smallest absolute Gasteiger partial charge is 0.146 e. The van der Waals surface area contributed by atoms with Crippen molar-refractivity contribution in [1.29, 1.82) is 0 Å². The average Bonchev–Trinajstić information content (AvgIpc) is 2.84. The van der Waals surface area contributed by atoms with Crippen molar-refractivity contribution in [2.24, 2.45) is 0 Å². The molecule has 3 aromatic carbocycles. The van der Waals surface area contributed by atoms with Crippen LogP contribution in [0.25, 0.3) is 10.9 Å². The van der Waals surface area contributed by atoms with Crippen LogP contribution in [0.1, 0.15) is 11.1 Å². The van der Waals surface area contributed by atoms with Crippen LogP contribution in [0.3, 0.4) is 0 Å². The second-order valence-corrected chi connectivity index (χ2v) is 8.02. The molecule has 156 valence electrons. The van der Waals surface area contributed by atoms with Crippen LogP contribution < -0.4 is 14.5 Å². The zero-order chi connectivity index (χ0) is 21.0. The molecule has 1 aliphatic rings. The molecule has 1 fully saturated rings. The Morgan fingerprint density at radius 1 is 0.742 bits per heavy atom. The molecule has 31 heavy (non-hydrogen) atoms. The Bertz CT molecular complexity index is 1170. The summed E-state index contributed by atoms with van der Waals surface area (Å²) in [5.41, 5.74) is 4.67. The maximum atomic E-state index is 6.21. The third kappa shape index (κ3) is 4.19. The lowest BCUT2D eigenvalue weighted by Gasteiger charge is -2.36. The Hall–Kier alpha value is -3.53. The molecule has 1 saturated heterocycles. The number of para-hydroxylation sites is 2. The van der Waals surface area contributed by atoms with Gasteiger partial charge in [-0.15, -0.1) is 0 Å². The minimum Gasteiger partial charge on any atom is -0.487 e.